The first-order chi connectivity index (χ1) is 8.61. The molecule has 1 saturated carbocycles. The molecular weight excluding hydrogens is 300 g/mol. The molecule has 0 aliphatic heterocycles. The highest BCUT2D eigenvalue weighted by Gasteiger charge is 2.28. The Morgan fingerprint density at radius 3 is 2.83 bits per heavy atom. The second kappa shape index (κ2) is 5.77. The fourth-order valence-electron chi connectivity index (χ4n) is 2.03. The van der Waals surface area contributed by atoms with Gasteiger partial charge in [0.15, 0.2) is 0 Å². The monoisotopic (exact) mass is 314 g/mol. The zero-order valence-electron chi connectivity index (χ0n) is 9.84. The highest BCUT2D eigenvalue weighted by Crippen LogP contribution is 2.32. The summed E-state index contributed by atoms with van der Waals surface area (Å²) in [6.45, 7) is 1.10. The third-order valence-corrected chi connectivity index (χ3v) is 4.17. The van der Waals surface area contributed by atoms with Gasteiger partial charge in [0.1, 0.15) is 4.47 Å². The number of nitrogens with zero attached hydrogens (tertiary/aromatic N) is 1. The van der Waals surface area contributed by atoms with Crippen molar-refractivity contribution in [2.24, 2.45) is 11.7 Å². The van der Waals surface area contributed by atoms with Gasteiger partial charge in [0, 0.05) is 6.07 Å². The van der Waals surface area contributed by atoms with Gasteiger partial charge in [-0.15, -0.1) is 0 Å². The first kappa shape index (κ1) is 13.5. The van der Waals surface area contributed by atoms with Gasteiger partial charge in [0.05, 0.1) is 17.6 Å². The smallest absolute Gasteiger partial charge is 0.283 e. The molecule has 0 spiro atoms. The van der Waals surface area contributed by atoms with Crippen LogP contribution in [0.25, 0.3) is 0 Å². The second-order valence-corrected chi connectivity index (χ2v) is 5.31. The van der Waals surface area contributed by atoms with Crippen LogP contribution in [0, 0.1) is 16.0 Å². The number of benzene rings is 1. The minimum Gasteiger partial charge on any atom is -0.373 e. The van der Waals surface area contributed by atoms with Gasteiger partial charge in [-0.25, -0.2) is 0 Å². The fraction of sp³-hybridized carbons (Fsp3) is 0.500. The standard InChI is InChI=1S/C12H15BrN2O3/c13-12-9(2-1-3-11(12)15(16)17)7-18-10-4-8(5-10)6-14/h1-3,8,10H,4-7,14H2. The van der Waals surface area contributed by atoms with Gasteiger partial charge in [-0.1, -0.05) is 12.1 Å². The van der Waals surface area contributed by atoms with Crippen molar-refractivity contribution in [2.75, 3.05) is 6.54 Å². The molecule has 0 heterocycles. The molecular formula is C12H15BrN2O3. The number of ether oxygens (including phenoxy) is 1. The van der Waals surface area contributed by atoms with E-state index >= 15 is 0 Å². The topological polar surface area (TPSA) is 78.4 Å². The molecule has 18 heavy (non-hydrogen) atoms. The van der Waals surface area contributed by atoms with Gasteiger partial charge in [-0.2, -0.15) is 0 Å². The van der Waals surface area contributed by atoms with Crippen LogP contribution >= 0.6 is 15.9 Å². The summed E-state index contributed by atoms with van der Waals surface area (Å²) < 4.78 is 6.21. The molecule has 0 bridgehead atoms. The van der Waals surface area contributed by atoms with Crippen molar-refractivity contribution in [3.05, 3.63) is 38.3 Å². The maximum Gasteiger partial charge on any atom is 0.283 e. The number of halogens is 1. The van der Waals surface area contributed by atoms with Crippen molar-refractivity contribution in [3.8, 4) is 0 Å². The normalized spacial score (nSPS) is 22.6. The van der Waals surface area contributed by atoms with Crippen molar-refractivity contribution in [1.82, 2.24) is 0 Å². The quantitative estimate of drug-likeness (QED) is 0.669. The molecule has 2 rings (SSSR count). The van der Waals surface area contributed by atoms with E-state index in [0.717, 1.165) is 18.4 Å². The largest absolute Gasteiger partial charge is 0.373 e. The van der Waals surface area contributed by atoms with Gasteiger partial charge in [-0.3, -0.25) is 10.1 Å². The number of hydrogen-bond acceptors (Lipinski definition) is 4. The van der Waals surface area contributed by atoms with E-state index in [2.05, 4.69) is 15.9 Å². The Morgan fingerprint density at radius 2 is 2.22 bits per heavy atom. The molecule has 0 saturated heterocycles. The average molecular weight is 315 g/mol. The molecule has 0 radical (unpaired) electrons. The van der Waals surface area contributed by atoms with E-state index in [1.165, 1.54) is 6.07 Å². The van der Waals surface area contributed by atoms with Crippen molar-refractivity contribution in [1.29, 1.82) is 0 Å². The summed E-state index contributed by atoms with van der Waals surface area (Å²) in [7, 11) is 0. The highest BCUT2D eigenvalue weighted by atomic mass is 79.9. The van der Waals surface area contributed by atoms with Crippen LogP contribution in [0.1, 0.15) is 18.4 Å². The van der Waals surface area contributed by atoms with E-state index < -0.39 is 4.92 Å². The van der Waals surface area contributed by atoms with Gasteiger partial charge < -0.3 is 10.5 Å². The SMILES string of the molecule is NCC1CC(OCc2cccc([N+](=O)[O-])c2Br)C1. The minimum atomic E-state index is -0.401. The van der Waals surface area contributed by atoms with E-state index in [-0.39, 0.29) is 11.8 Å². The lowest BCUT2D eigenvalue weighted by Gasteiger charge is -2.34. The van der Waals surface area contributed by atoms with Crippen LogP contribution in [0.2, 0.25) is 0 Å². The molecule has 0 atom stereocenters. The summed E-state index contributed by atoms with van der Waals surface area (Å²) >= 11 is 3.26. The van der Waals surface area contributed by atoms with Gasteiger partial charge in [-0.05, 0) is 46.8 Å². The summed E-state index contributed by atoms with van der Waals surface area (Å²) in [4.78, 5) is 10.4. The molecule has 5 nitrogen and oxygen atoms in total. The molecule has 0 aromatic heterocycles. The third-order valence-electron chi connectivity index (χ3n) is 3.26. The van der Waals surface area contributed by atoms with Crippen LogP contribution in [0.5, 0.6) is 0 Å². The second-order valence-electron chi connectivity index (χ2n) is 4.51. The minimum absolute atomic E-state index is 0.0737. The molecule has 6 heteroatoms. The zero-order valence-corrected chi connectivity index (χ0v) is 11.4. The summed E-state index contributed by atoms with van der Waals surface area (Å²) in [5.74, 6) is 0.573. The summed E-state index contributed by atoms with van der Waals surface area (Å²) in [6.07, 6.45) is 2.22. The first-order valence-electron chi connectivity index (χ1n) is 5.85. The van der Waals surface area contributed by atoms with Crippen LogP contribution < -0.4 is 5.73 Å². The number of nitro benzene ring substituents is 1. The Hall–Kier alpha value is -0.980. The molecule has 1 aliphatic rings. The summed E-state index contributed by atoms with van der Waals surface area (Å²) in [6, 6.07) is 4.97. The Bertz CT molecular complexity index is 447. The van der Waals surface area contributed by atoms with Crippen molar-refractivity contribution in [2.45, 2.75) is 25.6 Å². The van der Waals surface area contributed by atoms with Crippen molar-refractivity contribution < 1.29 is 9.66 Å². The number of nitro groups is 1. The lowest BCUT2D eigenvalue weighted by Crippen LogP contribution is -2.35. The van der Waals surface area contributed by atoms with E-state index in [9.17, 15) is 10.1 Å². The molecule has 98 valence electrons. The summed E-state index contributed by atoms with van der Waals surface area (Å²) in [5.41, 5.74) is 6.42. The molecule has 1 aromatic rings. The van der Waals surface area contributed by atoms with Gasteiger partial charge in [0.2, 0.25) is 0 Å². The lowest BCUT2D eigenvalue weighted by molar-refractivity contribution is -0.385. The van der Waals surface area contributed by atoms with Crippen LogP contribution in [0.15, 0.2) is 22.7 Å². The highest BCUT2D eigenvalue weighted by molar-refractivity contribution is 9.10. The van der Waals surface area contributed by atoms with E-state index in [0.29, 0.717) is 23.5 Å². The van der Waals surface area contributed by atoms with Crippen LogP contribution in [0.4, 0.5) is 5.69 Å². The third kappa shape index (κ3) is 2.88. The Kier molecular flexibility index (Phi) is 4.31. The van der Waals surface area contributed by atoms with Gasteiger partial charge in [0.25, 0.3) is 5.69 Å². The van der Waals surface area contributed by atoms with Gasteiger partial charge >= 0.3 is 0 Å². The van der Waals surface area contributed by atoms with Crippen molar-refractivity contribution >= 4 is 21.6 Å². The number of hydrogen-bond donors (Lipinski definition) is 1. The fourth-order valence-corrected chi connectivity index (χ4v) is 2.55. The van der Waals surface area contributed by atoms with Crippen molar-refractivity contribution in [3.63, 3.8) is 0 Å². The Morgan fingerprint density at radius 1 is 1.50 bits per heavy atom. The number of rotatable bonds is 5. The molecule has 0 unspecified atom stereocenters. The van der Waals surface area contributed by atoms with Crippen LogP contribution in [0.3, 0.4) is 0 Å². The maximum atomic E-state index is 10.8. The lowest BCUT2D eigenvalue weighted by atomic mass is 9.82. The molecule has 1 aromatic carbocycles. The molecule has 2 N–H and O–H groups in total. The average Bonchev–Trinajstić information content (AvgIpc) is 2.29. The first-order valence-corrected chi connectivity index (χ1v) is 6.64. The predicted molar refractivity (Wildman–Crippen MR) is 71.2 cm³/mol. The zero-order chi connectivity index (χ0) is 13.1. The predicted octanol–water partition coefficient (Wildman–Crippen LogP) is 2.61. The Labute approximate surface area is 114 Å². The van der Waals surface area contributed by atoms with Crippen LogP contribution in [-0.4, -0.2) is 17.6 Å². The number of nitrogens with two attached hydrogens (primary N) is 1. The maximum absolute atomic E-state index is 10.8. The van der Waals surface area contributed by atoms with Crippen LogP contribution in [-0.2, 0) is 11.3 Å². The Balaban J connectivity index is 1.94. The molecule has 1 aliphatic carbocycles. The van der Waals surface area contributed by atoms with E-state index in [1.807, 2.05) is 6.07 Å². The summed E-state index contributed by atoms with van der Waals surface area (Å²) in [5, 5.41) is 10.8. The van der Waals surface area contributed by atoms with E-state index in [1.54, 1.807) is 6.07 Å². The molecule has 1 fully saturated rings. The molecule has 0 amide bonds. The van der Waals surface area contributed by atoms with E-state index in [4.69, 9.17) is 10.5 Å².